The minimum Gasteiger partial charge on any atom is -0.368 e. The Kier molecular flexibility index (Phi) is 9.90. The average Bonchev–Trinajstić information content (AvgIpc) is 2.63. The monoisotopic (exact) mass is 487 g/mol. The fourth-order valence-electron chi connectivity index (χ4n) is 3.14. The maximum absolute atomic E-state index is 11.7. The van der Waals surface area contributed by atoms with Crippen LogP contribution in [0.15, 0.2) is 23.2 Å². The van der Waals surface area contributed by atoms with Gasteiger partial charge >= 0.3 is 0 Å². The lowest BCUT2D eigenvalue weighted by molar-refractivity contribution is -0.128. The summed E-state index contributed by atoms with van der Waals surface area (Å²) in [5, 5.41) is 3.36. The summed E-state index contributed by atoms with van der Waals surface area (Å²) >= 11 is 0. The SMILES string of the molecule is CCNC(=NCCC(=O)N(C)C)N1CCN(c2cccc(C)c2C)CC1.I. The van der Waals surface area contributed by atoms with Crippen LogP contribution in [-0.4, -0.2) is 75.0 Å². The number of halogens is 1. The summed E-state index contributed by atoms with van der Waals surface area (Å²) in [5.41, 5.74) is 4.04. The van der Waals surface area contributed by atoms with Crippen LogP contribution >= 0.6 is 24.0 Å². The molecule has 1 aromatic carbocycles. The lowest BCUT2D eigenvalue weighted by atomic mass is 10.1. The van der Waals surface area contributed by atoms with E-state index in [2.05, 4.69) is 59.1 Å². The van der Waals surface area contributed by atoms with E-state index in [-0.39, 0.29) is 29.9 Å². The fraction of sp³-hybridized carbons (Fsp3) is 0.600. The van der Waals surface area contributed by atoms with E-state index in [1.807, 2.05) is 0 Å². The molecule has 27 heavy (non-hydrogen) atoms. The Morgan fingerprint density at radius 1 is 1.19 bits per heavy atom. The van der Waals surface area contributed by atoms with Crippen molar-refractivity contribution in [2.75, 3.05) is 58.3 Å². The standard InChI is InChI=1S/C20H33N5O.HI/c1-6-21-20(22-11-10-19(26)23(4)5)25-14-12-24(13-15-25)18-9-7-8-16(2)17(18)3;/h7-9H,6,10-15H2,1-5H3,(H,21,22);1H. The smallest absolute Gasteiger partial charge is 0.223 e. The molecule has 1 amide bonds. The van der Waals surface area contributed by atoms with Crippen molar-refractivity contribution in [2.45, 2.75) is 27.2 Å². The van der Waals surface area contributed by atoms with E-state index in [1.54, 1.807) is 19.0 Å². The number of hydrogen-bond acceptors (Lipinski definition) is 3. The number of guanidine groups is 1. The number of aryl methyl sites for hydroxylation is 1. The average molecular weight is 487 g/mol. The van der Waals surface area contributed by atoms with Gasteiger partial charge in [0.25, 0.3) is 0 Å². The van der Waals surface area contributed by atoms with Crippen LogP contribution in [0.4, 0.5) is 5.69 Å². The van der Waals surface area contributed by atoms with Crippen molar-refractivity contribution in [1.82, 2.24) is 15.1 Å². The number of nitrogens with zero attached hydrogens (tertiary/aromatic N) is 4. The van der Waals surface area contributed by atoms with Gasteiger partial charge in [-0.25, -0.2) is 0 Å². The Bertz CT molecular complexity index is 639. The third kappa shape index (κ3) is 6.55. The Hall–Kier alpha value is -1.51. The van der Waals surface area contributed by atoms with Crippen LogP contribution < -0.4 is 10.2 Å². The maximum Gasteiger partial charge on any atom is 0.223 e. The highest BCUT2D eigenvalue weighted by Gasteiger charge is 2.21. The highest BCUT2D eigenvalue weighted by Crippen LogP contribution is 2.23. The summed E-state index contributed by atoms with van der Waals surface area (Å²) in [5.74, 6) is 1.03. The van der Waals surface area contributed by atoms with E-state index in [0.717, 1.165) is 38.7 Å². The van der Waals surface area contributed by atoms with Crippen molar-refractivity contribution in [2.24, 2.45) is 4.99 Å². The molecule has 0 unspecified atom stereocenters. The highest BCUT2D eigenvalue weighted by atomic mass is 127. The normalized spacial score (nSPS) is 14.6. The third-order valence-electron chi connectivity index (χ3n) is 4.92. The van der Waals surface area contributed by atoms with Gasteiger partial charge in [-0.05, 0) is 38.0 Å². The molecule has 1 aliphatic rings. The van der Waals surface area contributed by atoms with E-state index in [1.165, 1.54) is 16.8 Å². The largest absolute Gasteiger partial charge is 0.368 e. The van der Waals surface area contributed by atoms with Gasteiger partial charge in [0.15, 0.2) is 5.96 Å². The fourth-order valence-corrected chi connectivity index (χ4v) is 3.14. The van der Waals surface area contributed by atoms with Crippen molar-refractivity contribution in [3.63, 3.8) is 0 Å². The Morgan fingerprint density at radius 2 is 1.85 bits per heavy atom. The van der Waals surface area contributed by atoms with E-state index >= 15 is 0 Å². The number of aliphatic imine (C=N–C) groups is 1. The van der Waals surface area contributed by atoms with Gasteiger partial charge in [-0.2, -0.15) is 0 Å². The number of benzene rings is 1. The van der Waals surface area contributed by atoms with E-state index in [9.17, 15) is 4.79 Å². The third-order valence-corrected chi connectivity index (χ3v) is 4.92. The molecule has 1 aromatic rings. The van der Waals surface area contributed by atoms with Crippen LogP contribution in [-0.2, 0) is 4.79 Å². The van der Waals surface area contributed by atoms with Crippen molar-refractivity contribution >= 4 is 41.5 Å². The van der Waals surface area contributed by atoms with Crippen molar-refractivity contribution in [3.05, 3.63) is 29.3 Å². The number of hydrogen-bond donors (Lipinski definition) is 1. The van der Waals surface area contributed by atoms with Gasteiger partial charge in [-0.3, -0.25) is 9.79 Å². The number of carbonyl (C=O) groups is 1. The maximum atomic E-state index is 11.7. The summed E-state index contributed by atoms with van der Waals surface area (Å²) in [7, 11) is 3.56. The molecule has 0 aromatic heterocycles. The van der Waals surface area contributed by atoms with Gasteiger partial charge in [0.05, 0.1) is 6.54 Å². The first-order chi connectivity index (χ1) is 12.4. The molecule has 6 nitrogen and oxygen atoms in total. The number of amides is 1. The van der Waals surface area contributed by atoms with Crippen LogP contribution in [0, 0.1) is 13.8 Å². The van der Waals surface area contributed by atoms with E-state index in [0.29, 0.717) is 13.0 Å². The lowest BCUT2D eigenvalue weighted by Crippen LogP contribution is -2.52. The van der Waals surface area contributed by atoms with Crippen LogP contribution in [0.5, 0.6) is 0 Å². The van der Waals surface area contributed by atoms with Crippen molar-refractivity contribution < 1.29 is 4.79 Å². The summed E-state index contributed by atoms with van der Waals surface area (Å²) < 4.78 is 0. The molecule has 0 bridgehead atoms. The highest BCUT2D eigenvalue weighted by molar-refractivity contribution is 14.0. The van der Waals surface area contributed by atoms with Gasteiger partial charge in [0.1, 0.15) is 0 Å². The number of anilines is 1. The predicted octanol–water partition coefficient (Wildman–Crippen LogP) is 2.49. The first kappa shape index (κ1) is 23.5. The van der Waals surface area contributed by atoms with Crippen LogP contribution in [0.1, 0.15) is 24.5 Å². The molecule has 0 saturated carbocycles. The molecule has 0 aliphatic carbocycles. The van der Waals surface area contributed by atoms with Crippen molar-refractivity contribution in [1.29, 1.82) is 0 Å². The van der Waals surface area contributed by atoms with Crippen molar-refractivity contribution in [3.8, 4) is 0 Å². The summed E-state index contributed by atoms with van der Waals surface area (Å²) in [6.07, 6.45) is 0.449. The molecule has 1 heterocycles. The molecule has 2 rings (SSSR count). The molecular weight excluding hydrogens is 453 g/mol. The molecule has 152 valence electrons. The van der Waals surface area contributed by atoms with Gasteiger partial charge in [0.2, 0.25) is 5.91 Å². The zero-order valence-electron chi connectivity index (χ0n) is 17.3. The predicted molar refractivity (Wildman–Crippen MR) is 124 cm³/mol. The number of carbonyl (C=O) groups excluding carboxylic acids is 1. The number of nitrogens with one attached hydrogen (secondary N) is 1. The molecular formula is C20H34IN5O. The summed E-state index contributed by atoms with van der Waals surface area (Å²) in [6.45, 7) is 11.6. The van der Waals surface area contributed by atoms with Crippen LogP contribution in [0.3, 0.4) is 0 Å². The van der Waals surface area contributed by atoms with Gasteiger partial charge in [-0.15, -0.1) is 24.0 Å². The van der Waals surface area contributed by atoms with Gasteiger partial charge in [-0.1, -0.05) is 12.1 Å². The Labute approximate surface area is 181 Å². The number of piperazine rings is 1. The molecule has 7 heteroatoms. The molecule has 1 aliphatic heterocycles. The Morgan fingerprint density at radius 3 is 2.44 bits per heavy atom. The first-order valence-corrected chi connectivity index (χ1v) is 9.48. The zero-order valence-corrected chi connectivity index (χ0v) is 19.6. The molecule has 1 fully saturated rings. The minimum absolute atomic E-state index is 0. The van der Waals surface area contributed by atoms with Gasteiger partial charge in [0, 0.05) is 58.9 Å². The summed E-state index contributed by atoms with van der Waals surface area (Å²) in [4.78, 5) is 22.8. The second-order valence-electron chi connectivity index (χ2n) is 6.97. The zero-order chi connectivity index (χ0) is 19.1. The minimum atomic E-state index is 0. The molecule has 1 N–H and O–H groups in total. The second-order valence-corrected chi connectivity index (χ2v) is 6.97. The lowest BCUT2D eigenvalue weighted by Gasteiger charge is -2.38. The molecule has 0 radical (unpaired) electrons. The van der Waals surface area contributed by atoms with E-state index < -0.39 is 0 Å². The van der Waals surface area contributed by atoms with E-state index in [4.69, 9.17) is 0 Å². The topological polar surface area (TPSA) is 51.2 Å². The molecule has 0 atom stereocenters. The Balaban J connectivity index is 0.00000364. The second kappa shape index (κ2) is 11.4. The van der Waals surface area contributed by atoms with Crippen LogP contribution in [0.25, 0.3) is 0 Å². The molecule has 1 saturated heterocycles. The quantitative estimate of drug-likeness (QED) is 0.394. The molecule has 0 spiro atoms. The number of rotatable bonds is 5. The summed E-state index contributed by atoms with van der Waals surface area (Å²) in [6, 6.07) is 6.52. The first-order valence-electron chi connectivity index (χ1n) is 9.48. The van der Waals surface area contributed by atoms with Gasteiger partial charge < -0.3 is 20.0 Å². The van der Waals surface area contributed by atoms with Crippen LogP contribution in [0.2, 0.25) is 0 Å².